The Morgan fingerprint density at radius 1 is 0.415 bits per heavy atom. The highest BCUT2D eigenvalue weighted by atomic mass is 32.1. The molecule has 0 N–H and O–H groups in total. The van der Waals surface area contributed by atoms with Crippen LogP contribution in [-0.4, -0.2) is 29.1 Å². The first-order chi connectivity index (χ1) is 26.3. The Balaban J connectivity index is 1.38. The average Bonchev–Trinajstić information content (AvgIpc) is 3.92. The van der Waals surface area contributed by atoms with Gasteiger partial charge in [-0.1, -0.05) is 146 Å². The van der Waals surface area contributed by atoms with Crippen molar-refractivity contribution in [2.75, 3.05) is 0 Å². The molecule has 0 fully saturated rings. The SMILES string of the molecule is c1ccc(-c2nc(-c3ccccc3)nc(-n3c4ccccc4c4c5c(nc(-c6ccccc6)n5-c5ccccc5)c5c6ccccc6sc5c43)n2)cc1. The fourth-order valence-corrected chi connectivity index (χ4v) is 8.93. The zero-order valence-electron chi connectivity index (χ0n) is 28.3. The Labute approximate surface area is 307 Å². The van der Waals surface area contributed by atoms with Crippen molar-refractivity contribution in [3.8, 4) is 45.8 Å². The van der Waals surface area contributed by atoms with Crippen molar-refractivity contribution in [1.29, 1.82) is 0 Å². The molecule has 4 aromatic heterocycles. The second-order valence-corrected chi connectivity index (χ2v) is 14.1. The van der Waals surface area contributed by atoms with Gasteiger partial charge in [0, 0.05) is 48.6 Å². The van der Waals surface area contributed by atoms with Crippen LogP contribution in [0.5, 0.6) is 0 Å². The lowest BCUT2D eigenvalue weighted by atomic mass is 10.1. The number of hydrogen-bond acceptors (Lipinski definition) is 5. The van der Waals surface area contributed by atoms with E-state index in [2.05, 4.69) is 143 Å². The molecule has 0 aliphatic carbocycles. The van der Waals surface area contributed by atoms with E-state index in [1.165, 1.54) is 10.1 Å². The maximum Gasteiger partial charge on any atom is 0.238 e. The topological polar surface area (TPSA) is 61.4 Å². The summed E-state index contributed by atoms with van der Waals surface area (Å²) in [4.78, 5) is 21.1. The van der Waals surface area contributed by atoms with E-state index in [1.807, 2.05) is 36.4 Å². The summed E-state index contributed by atoms with van der Waals surface area (Å²) in [6.45, 7) is 0. The fraction of sp³-hybridized carbons (Fsp3) is 0. The van der Waals surface area contributed by atoms with Crippen molar-refractivity contribution in [2.45, 2.75) is 0 Å². The highest BCUT2D eigenvalue weighted by Gasteiger charge is 2.28. The van der Waals surface area contributed by atoms with Crippen molar-refractivity contribution < 1.29 is 0 Å². The first-order valence-corrected chi connectivity index (χ1v) is 18.4. The number of hydrogen-bond donors (Lipinski definition) is 0. The third kappa shape index (κ3) is 4.58. The molecule has 4 heterocycles. The van der Waals surface area contributed by atoms with E-state index >= 15 is 0 Å². The van der Waals surface area contributed by atoms with Gasteiger partial charge in [-0.25, -0.2) is 9.97 Å². The van der Waals surface area contributed by atoms with Gasteiger partial charge in [0.25, 0.3) is 0 Å². The predicted octanol–water partition coefficient (Wildman–Crippen LogP) is 11.7. The Hall–Kier alpha value is -6.96. The maximum atomic E-state index is 5.58. The van der Waals surface area contributed by atoms with Crippen LogP contribution in [0.25, 0.3) is 98.8 Å². The Morgan fingerprint density at radius 2 is 0.962 bits per heavy atom. The molecule has 6 nitrogen and oxygen atoms in total. The van der Waals surface area contributed by atoms with Crippen molar-refractivity contribution in [2.24, 2.45) is 0 Å². The van der Waals surface area contributed by atoms with Crippen LogP contribution in [-0.2, 0) is 0 Å². The van der Waals surface area contributed by atoms with Crippen molar-refractivity contribution in [3.05, 3.63) is 170 Å². The minimum atomic E-state index is 0.566. The highest BCUT2D eigenvalue weighted by molar-refractivity contribution is 7.27. The Morgan fingerprint density at radius 3 is 1.62 bits per heavy atom. The largest absolute Gasteiger partial charge is 0.292 e. The van der Waals surface area contributed by atoms with Gasteiger partial charge in [-0.2, -0.15) is 9.97 Å². The fourth-order valence-electron chi connectivity index (χ4n) is 7.68. The molecule has 0 saturated carbocycles. The molecule has 0 saturated heterocycles. The summed E-state index contributed by atoms with van der Waals surface area (Å²) >= 11 is 1.80. The summed E-state index contributed by atoms with van der Waals surface area (Å²) in [5.41, 5.74) is 8.04. The standard InChI is InChI=1S/C46H28N6S/c1-5-17-29(18-6-1)43-48-44(30-19-7-2-8-20-30)50-46(49-43)52-35-27-15-13-25-33(35)38-40-39(37-34-26-14-16-28-36(34)53-42(37)41(38)52)47-45(31-21-9-3-10-22-31)51(40)32-23-11-4-12-24-32/h1-28H. The molecule has 7 aromatic carbocycles. The zero-order chi connectivity index (χ0) is 34.9. The Kier molecular flexibility index (Phi) is 6.62. The molecule has 53 heavy (non-hydrogen) atoms. The normalized spacial score (nSPS) is 11.8. The van der Waals surface area contributed by atoms with Crippen LogP contribution in [0.15, 0.2) is 170 Å². The van der Waals surface area contributed by atoms with Gasteiger partial charge in [0.05, 0.1) is 26.8 Å². The van der Waals surface area contributed by atoms with E-state index in [1.54, 1.807) is 11.3 Å². The minimum absolute atomic E-state index is 0.566. The van der Waals surface area contributed by atoms with Gasteiger partial charge in [-0.15, -0.1) is 11.3 Å². The van der Waals surface area contributed by atoms with E-state index < -0.39 is 0 Å². The molecule has 248 valence electrons. The second kappa shape index (κ2) is 11.8. The number of aromatic nitrogens is 6. The average molecular weight is 697 g/mol. The number of rotatable bonds is 5. The summed E-state index contributed by atoms with van der Waals surface area (Å²) in [5, 5.41) is 4.52. The van der Waals surface area contributed by atoms with Crippen LogP contribution < -0.4 is 0 Å². The van der Waals surface area contributed by atoms with Crippen molar-refractivity contribution >= 4 is 64.3 Å². The summed E-state index contributed by atoms with van der Waals surface area (Å²) in [6.07, 6.45) is 0. The third-order valence-electron chi connectivity index (χ3n) is 9.97. The number of para-hydroxylation sites is 2. The number of imidazole rings is 1. The zero-order valence-corrected chi connectivity index (χ0v) is 29.1. The van der Waals surface area contributed by atoms with Crippen LogP contribution in [0, 0.1) is 0 Å². The van der Waals surface area contributed by atoms with Crippen LogP contribution in [0.1, 0.15) is 0 Å². The van der Waals surface area contributed by atoms with Gasteiger partial charge in [-0.3, -0.25) is 9.13 Å². The van der Waals surface area contributed by atoms with Gasteiger partial charge in [-0.05, 0) is 24.3 Å². The molecule has 0 amide bonds. The van der Waals surface area contributed by atoms with E-state index in [4.69, 9.17) is 19.9 Å². The van der Waals surface area contributed by atoms with E-state index in [-0.39, 0.29) is 0 Å². The van der Waals surface area contributed by atoms with Crippen LogP contribution in [0.2, 0.25) is 0 Å². The smallest absolute Gasteiger partial charge is 0.238 e. The summed E-state index contributed by atoms with van der Waals surface area (Å²) in [5.74, 6) is 2.70. The molecule has 0 aliphatic rings. The molecular weight excluding hydrogens is 669 g/mol. The molecule has 11 aromatic rings. The van der Waals surface area contributed by atoms with Crippen LogP contribution >= 0.6 is 11.3 Å². The van der Waals surface area contributed by atoms with Gasteiger partial charge in [0.15, 0.2) is 11.6 Å². The Bertz CT molecular complexity index is 3090. The molecule has 7 heteroatoms. The second-order valence-electron chi connectivity index (χ2n) is 13.1. The van der Waals surface area contributed by atoms with E-state index in [9.17, 15) is 0 Å². The molecule has 0 aliphatic heterocycles. The predicted molar refractivity (Wildman–Crippen MR) is 218 cm³/mol. The quantitative estimate of drug-likeness (QED) is 0.180. The van der Waals surface area contributed by atoms with Gasteiger partial charge in [0.2, 0.25) is 5.95 Å². The molecule has 11 rings (SSSR count). The monoisotopic (exact) mass is 696 g/mol. The van der Waals surface area contributed by atoms with Crippen LogP contribution in [0.3, 0.4) is 0 Å². The number of fused-ring (bicyclic) bond motifs is 10. The lowest BCUT2D eigenvalue weighted by Gasteiger charge is -2.12. The summed E-state index contributed by atoms with van der Waals surface area (Å²) in [6, 6.07) is 58.7. The summed E-state index contributed by atoms with van der Waals surface area (Å²) < 4.78 is 6.94. The third-order valence-corrected chi connectivity index (χ3v) is 11.1. The van der Waals surface area contributed by atoms with Crippen molar-refractivity contribution in [3.63, 3.8) is 0 Å². The van der Waals surface area contributed by atoms with Crippen LogP contribution in [0.4, 0.5) is 0 Å². The number of benzene rings is 7. The van der Waals surface area contributed by atoms with Gasteiger partial charge < -0.3 is 0 Å². The summed E-state index contributed by atoms with van der Waals surface area (Å²) in [7, 11) is 0. The lowest BCUT2D eigenvalue weighted by Crippen LogP contribution is -2.06. The minimum Gasteiger partial charge on any atom is -0.292 e. The molecule has 0 bridgehead atoms. The lowest BCUT2D eigenvalue weighted by molar-refractivity contribution is 0.955. The van der Waals surface area contributed by atoms with E-state index in [0.717, 1.165) is 71.1 Å². The first-order valence-electron chi connectivity index (χ1n) is 17.6. The number of nitrogens with zero attached hydrogens (tertiary/aromatic N) is 6. The number of thiophene rings is 1. The van der Waals surface area contributed by atoms with Gasteiger partial charge in [0.1, 0.15) is 5.82 Å². The molecule has 0 spiro atoms. The molecular formula is C46H28N6S. The first kappa shape index (κ1) is 29.7. The molecule has 0 unspecified atom stereocenters. The van der Waals surface area contributed by atoms with Crippen molar-refractivity contribution in [1.82, 2.24) is 29.1 Å². The highest BCUT2D eigenvalue weighted by Crippen LogP contribution is 2.49. The maximum absolute atomic E-state index is 5.58. The van der Waals surface area contributed by atoms with E-state index in [0.29, 0.717) is 17.6 Å². The van der Waals surface area contributed by atoms with Gasteiger partial charge >= 0.3 is 0 Å². The molecule has 0 atom stereocenters. The molecule has 0 radical (unpaired) electrons.